The summed E-state index contributed by atoms with van der Waals surface area (Å²) in [5.41, 5.74) is 2.21. The van der Waals surface area contributed by atoms with Gasteiger partial charge in [-0.2, -0.15) is 8.78 Å². The van der Waals surface area contributed by atoms with Crippen molar-refractivity contribution in [2.24, 2.45) is 5.92 Å². The van der Waals surface area contributed by atoms with Crippen LogP contribution in [-0.4, -0.2) is 6.11 Å². The summed E-state index contributed by atoms with van der Waals surface area (Å²) in [6, 6.07) is 5.16. The topological polar surface area (TPSA) is 9.23 Å². The van der Waals surface area contributed by atoms with E-state index in [4.69, 9.17) is 0 Å². The maximum Gasteiger partial charge on any atom is 0.394 e. The highest BCUT2D eigenvalue weighted by Gasteiger charge is 2.23. The van der Waals surface area contributed by atoms with Gasteiger partial charge in [0.05, 0.1) is 0 Å². The van der Waals surface area contributed by atoms with Crippen LogP contribution in [0.25, 0.3) is 0 Å². The summed E-state index contributed by atoms with van der Waals surface area (Å²) in [7, 11) is 0. The summed E-state index contributed by atoms with van der Waals surface area (Å²) in [4.78, 5) is 0. The fourth-order valence-corrected chi connectivity index (χ4v) is 1.66. The molecule has 0 radical (unpaired) electrons. The lowest BCUT2D eigenvalue weighted by atomic mass is 9.99. The average Bonchev–Trinajstić information content (AvgIpc) is 2.13. The average molecular weight is 242 g/mol. The van der Waals surface area contributed by atoms with E-state index in [2.05, 4.69) is 18.6 Å². The van der Waals surface area contributed by atoms with Gasteiger partial charge >= 0.3 is 6.11 Å². The molecule has 0 aromatic heterocycles. The zero-order chi connectivity index (χ0) is 13.1. The number of hydrogen-bond acceptors (Lipinski definition) is 1. The highest BCUT2D eigenvalue weighted by molar-refractivity contribution is 5.35. The van der Waals surface area contributed by atoms with E-state index in [1.54, 1.807) is 12.1 Å². The van der Waals surface area contributed by atoms with E-state index < -0.39 is 6.11 Å². The number of aryl methyl sites for hydroxylation is 2. The molecule has 0 aliphatic carbocycles. The second kappa shape index (κ2) is 5.48. The highest BCUT2D eigenvalue weighted by Crippen LogP contribution is 2.24. The minimum atomic E-state index is -3.12. The summed E-state index contributed by atoms with van der Waals surface area (Å²) in [5, 5.41) is 0. The van der Waals surface area contributed by atoms with Crippen molar-refractivity contribution in [3.63, 3.8) is 0 Å². The molecule has 0 atom stereocenters. The summed E-state index contributed by atoms with van der Waals surface area (Å²) in [5.74, 6) is 0.869. The van der Waals surface area contributed by atoms with Crippen LogP contribution in [0.4, 0.5) is 8.78 Å². The summed E-state index contributed by atoms with van der Waals surface area (Å²) < 4.78 is 29.9. The molecule has 1 rings (SSSR count). The Morgan fingerprint density at radius 1 is 1.29 bits per heavy atom. The van der Waals surface area contributed by atoms with Crippen molar-refractivity contribution in [1.82, 2.24) is 0 Å². The molecule has 0 aliphatic heterocycles. The van der Waals surface area contributed by atoms with Crippen LogP contribution in [-0.2, 0) is 6.42 Å². The highest BCUT2D eigenvalue weighted by atomic mass is 19.3. The van der Waals surface area contributed by atoms with E-state index in [9.17, 15) is 8.78 Å². The zero-order valence-electron chi connectivity index (χ0n) is 10.9. The van der Waals surface area contributed by atoms with Crippen LogP contribution in [0.1, 0.15) is 38.3 Å². The van der Waals surface area contributed by atoms with Gasteiger partial charge < -0.3 is 4.74 Å². The minimum absolute atomic E-state index is 0.225. The van der Waals surface area contributed by atoms with Crippen molar-refractivity contribution in [3.05, 3.63) is 29.3 Å². The molecule has 0 spiro atoms. The smallest absolute Gasteiger partial charge is 0.394 e. The van der Waals surface area contributed by atoms with Crippen molar-refractivity contribution in [3.8, 4) is 5.75 Å². The van der Waals surface area contributed by atoms with Crippen LogP contribution < -0.4 is 4.74 Å². The fraction of sp³-hybridized carbons (Fsp3) is 0.571. The van der Waals surface area contributed by atoms with Gasteiger partial charge in [-0.15, -0.1) is 0 Å². The lowest BCUT2D eigenvalue weighted by Gasteiger charge is -2.15. The first-order valence-electron chi connectivity index (χ1n) is 5.94. The number of halogens is 2. The molecule has 0 amide bonds. The molecule has 96 valence electrons. The Kier molecular flexibility index (Phi) is 4.49. The van der Waals surface area contributed by atoms with Crippen LogP contribution in [0, 0.1) is 12.8 Å². The molecule has 0 aliphatic rings. The second-order valence-corrected chi connectivity index (χ2v) is 4.93. The van der Waals surface area contributed by atoms with Gasteiger partial charge in [0.25, 0.3) is 0 Å². The molecule has 0 unspecified atom stereocenters. The Hall–Kier alpha value is -1.12. The Morgan fingerprint density at radius 3 is 2.41 bits per heavy atom. The molecule has 0 saturated carbocycles. The molecule has 0 heterocycles. The molecule has 17 heavy (non-hydrogen) atoms. The predicted octanol–water partition coefficient (Wildman–Crippen LogP) is 4.58. The van der Waals surface area contributed by atoms with E-state index in [-0.39, 0.29) is 5.75 Å². The maximum absolute atomic E-state index is 12.7. The third kappa shape index (κ3) is 5.16. The molecular formula is C14H20F2O. The first kappa shape index (κ1) is 13.9. The zero-order valence-corrected chi connectivity index (χ0v) is 10.9. The van der Waals surface area contributed by atoms with Crippen LogP contribution >= 0.6 is 0 Å². The van der Waals surface area contributed by atoms with Gasteiger partial charge in [0, 0.05) is 6.92 Å². The van der Waals surface area contributed by atoms with E-state index in [1.807, 2.05) is 13.0 Å². The van der Waals surface area contributed by atoms with Crippen LogP contribution in [0.15, 0.2) is 18.2 Å². The summed E-state index contributed by atoms with van der Waals surface area (Å²) >= 11 is 0. The first-order chi connectivity index (χ1) is 7.78. The van der Waals surface area contributed by atoms with Gasteiger partial charge in [-0.3, -0.25) is 0 Å². The van der Waals surface area contributed by atoms with E-state index in [1.165, 1.54) is 5.56 Å². The molecule has 3 heteroatoms. The van der Waals surface area contributed by atoms with E-state index in [0.717, 1.165) is 25.3 Å². The first-order valence-corrected chi connectivity index (χ1v) is 5.94. The lowest BCUT2D eigenvalue weighted by molar-refractivity contribution is -0.158. The van der Waals surface area contributed by atoms with Gasteiger partial charge in [0.1, 0.15) is 5.75 Å². The summed E-state index contributed by atoms with van der Waals surface area (Å²) in [6.07, 6.45) is -1.04. The quantitative estimate of drug-likeness (QED) is 0.734. The Balaban J connectivity index is 2.72. The van der Waals surface area contributed by atoms with E-state index >= 15 is 0 Å². The van der Waals surface area contributed by atoms with Gasteiger partial charge in [0.2, 0.25) is 0 Å². The third-order valence-corrected chi connectivity index (χ3v) is 2.60. The van der Waals surface area contributed by atoms with Gasteiger partial charge in [0.15, 0.2) is 0 Å². The van der Waals surface area contributed by atoms with Gasteiger partial charge in [-0.1, -0.05) is 19.9 Å². The fourth-order valence-electron chi connectivity index (χ4n) is 1.66. The minimum Gasteiger partial charge on any atom is -0.433 e. The Labute approximate surface area is 102 Å². The monoisotopic (exact) mass is 242 g/mol. The molecular weight excluding hydrogens is 222 g/mol. The third-order valence-electron chi connectivity index (χ3n) is 2.60. The van der Waals surface area contributed by atoms with Crippen molar-refractivity contribution < 1.29 is 13.5 Å². The molecule has 0 N–H and O–H groups in total. The van der Waals surface area contributed by atoms with Crippen molar-refractivity contribution in [1.29, 1.82) is 0 Å². The predicted molar refractivity (Wildman–Crippen MR) is 65.6 cm³/mol. The van der Waals surface area contributed by atoms with Gasteiger partial charge in [-0.05, 0) is 48.9 Å². The molecule has 1 aromatic rings. The summed E-state index contributed by atoms with van der Waals surface area (Å²) in [6.45, 7) is 7.01. The standard InChI is InChI=1S/C14H20F2O/c1-10(2)5-6-12-7-8-13(9-11(12)3)17-14(4,15)16/h7-10H,5-6H2,1-4H3. The molecule has 1 nitrogen and oxygen atoms in total. The molecule has 0 fully saturated rings. The largest absolute Gasteiger partial charge is 0.433 e. The maximum atomic E-state index is 12.7. The van der Waals surface area contributed by atoms with Crippen LogP contribution in [0.2, 0.25) is 0 Å². The van der Waals surface area contributed by atoms with Crippen LogP contribution in [0.5, 0.6) is 5.75 Å². The number of alkyl halides is 2. The van der Waals surface area contributed by atoms with Gasteiger partial charge in [-0.25, -0.2) is 0 Å². The van der Waals surface area contributed by atoms with Crippen molar-refractivity contribution >= 4 is 0 Å². The Bertz CT molecular complexity index is 367. The van der Waals surface area contributed by atoms with Crippen molar-refractivity contribution in [2.75, 3.05) is 0 Å². The number of hydrogen-bond donors (Lipinski definition) is 0. The van der Waals surface area contributed by atoms with E-state index in [0.29, 0.717) is 5.92 Å². The SMILES string of the molecule is Cc1cc(OC(C)(F)F)ccc1CCC(C)C. The van der Waals surface area contributed by atoms with Crippen molar-refractivity contribution in [2.45, 2.75) is 46.6 Å². The molecule has 0 bridgehead atoms. The normalized spacial score (nSPS) is 11.9. The second-order valence-electron chi connectivity index (χ2n) is 4.93. The molecule has 0 saturated heterocycles. The number of benzene rings is 1. The molecule has 1 aromatic carbocycles. The lowest BCUT2D eigenvalue weighted by Crippen LogP contribution is -2.19. The number of ether oxygens (including phenoxy) is 1. The van der Waals surface area contributed by atoms with Crippen LogP contribution in [0.3, 0.4) is 0 Å². The Morgan fingerprint density at radius 2 is 1.94 bits per heavy atom. The number of rotatable bonds is 5.